The van der Waals surface area contributed by atoms with Crippen molar-refractivity contribution < 1.29 is 28.3 Å². The number of rotatable bonds is 4. The molecule has 8 heteroatoms. The molecule has 1 amide bonds. The van der Waals surface area contributed by atoms with Gasteiger partial charge >= 0.3 is 17.6 Å². The second-order valence-corrected chi connectivity index (χ2v) is 5.72. The second-order valence-electron chi connectivity index (χ2n) is 5.72. The van der Waals surface area contributed by atoms with Crippen molar-refractivity contribution in [2.45, 2.75) is 0 Å². The van der Waals surface area contributed by atoms with Crippen LogP contribution in [0, 0.1) is 0 Å². The first-order chi connectivity index (χ1) is 13.4. The topological polar surface area (TPSA) is 112 Å². The highest BCUT2D eigenvalue weighted by Crippen LogP contribution is 2.19. The third kappa shape index (κ3) is 3.75. The molecule has 3 rings (SSSR count). The van der Waals surface area contributed by atoms with Gasteiger partial charge in [-0.25, -0.2) is 14.4 Å². The van der Waals surface area contributed by atoms with Gasteiger partial charge in [-0.2, -0.15) is 0 Å². The molecule has 0 radical (unpaired) electrons. The molecule has 0 aliphatic heterocycles. The predicted octanol–water partition coefficient (Wildman–Crippen LogP) is 2.62. The summed E-state index contributed by atoms with van der Waals surface area (Å²) in [6.45, 7) is 0. The van der Waals surface area contributed by atoms with E-state index in [1.165, 1.54) is 38.5 Å². The summed E-state index contributed by atoms with van der Waals surface area (Å²) in [6, 6.07) is 12.1. The third-order valence-corrected chi connectivity index (χ3v) is 3.92. The zero-order valence-corrected chi connectivity index (χ0v) is 15.0. The van der Waals surface area contributed by atoms with Gasteiger partial charge in [-0.15, -0.1) is 0 Å². The number of amides is 1. The number of carbonyl (C=O) groups excluding carboxylic acids is 3. The average Bonchev–Trinajstić information content (AvgIpc) is 2.71. The molecule has 0 saturated carbocycles. The van der Waals surface area contributed by atoms with Gasteiger partial charge in [-0.05, 0) is 30.3 Å². The van der Waals surface area contributed by atoms with Crippen LogP contribution < -0.4 is 10.9 Å². The fourth-order valence-electron chi connectivity index (χ4n) is 2.59. The molecule has 1 heterocycles. The van der Waals surface area contributed by atoms with E-state index in [0.29, 0.717) is 11.0 Å². The van der Waals surface area contributed by atoms with Crippen LogP contribution in [0.25, 0.3) is 11.0 Å². The van der Waals surface area contributed by atoms with Gasteiger partial charge in [-0.1, -0.05) is 18.2 Å². The number of hydrogen-bond acceptors (Lipinski definition) is 7. The van der Waals surface area contributed by atoms with E-state index in [1.54, 1.807) is 24.3 Å². The Kier molecular flexibility index (Phi) is 5.21. The van der Waals surface area contributed by atoms with Crippen molar-refractivity contribution in [3.8, 4) is 0 Å². The van der Waals surface area contributed by atoms with Crippen molar-refractivity contribution in [1.29, 1.82) is 0 Å². The lowest BCUT2D eigenvalue weighted by Crippen LogP contribution is -2.21. The average molecular weight is 381 g/mol. The first kappa shape index (κ1) is 18.8. The molecule has 0 saturated heterocycles. The van der Waals surface area contributed by atoms with Crippen molar-refractivity contribution in [2.75, 3.05) is 19.5 Å². The highest BCUT2D eigenvalue weighted by atomic mass is 16.5. The van der Waals surface area contributed by atoms with E-state index < -0.39 is 23.5 Å². The van der Waals surface area contributed by atoms with Gasteiger partial charge in [0.25, 0.3) is 5.91 Å². The van der Waals surface area contributed by atoms with Crippen LogP contribution in [0.5, 0.6) is 0 Å². The van der Waals surface area contributed by atoms with Crippen molar-refractivity contribution in [1.82, 2.24) is 0 Å². The molecule has 0 aliphatic rings. The van der Waals surface area contributed by atoms with Gasteiger partial charge in [0.05, 0.1) is 25.3 Å². The third-order valence-electron chi connectivity index (χ3n) is 3.92. The number of anilines is 1. The summed E-state index contributed by atoms with van der Waals surface area (Å²) in [5.74, 6) is -2.16. The Hall–Kier alpha value is -3.94. The highest BCUT2D eigenvalue weighted by Gasteiger charge is 2.18. The number of esters is 2. The van der Waals surface area contributed by atoms with Crippen LogP contribution in [0.4, 0.5) is 5.69 Å². The molecule has 8 nitrogen and oxygen atoms in total. The van der Waals surface area contributed by atoms with E-state index >= 15 is 0 Å². The number of hydrogen-bond donors (Lipinski definition) is 1. The van der Waals surface area contributed by atoms with Crippen LogP contribution in [0.1, 0.15) is 31.1 Å². The fraction of sp³-hybridized carbons (Fsp3) is 0.100. The van der Waals surface area contributed by atoms with Crippen LogP contribution in [0.2, 0.25) is 0 Å². The van der Waals surface area contributed by atoms with Gasteiger partial charge < -0.3 is 19.2 Å². The van der Waals surface area contributed by atoms with E-state index in [4.69, 9.17) is 4.42 Å². The largest absolute Gasteiger partial charge is 0.465 e. The Bertz CT molecular complexity index is 1110. The van der Waals surface area contributed by atoms with Gasteiger partial charge in [0.15, 0.2) is 0 Å². The van der Waals surface area contributed by atoms with Crippen LogP contribution in [0.15, 0.2) is 57.7 Å². The Morgan fingerprint density at radius 1 is 0.893 bits per heavy atom. The molecule has 0 atom stereocenters. The fourth-order valence-corrected chi connectivity index (χ4v) is 2.59. The molecule has 1 aromatic heterocycles. The predicted molar refractivity (Wildman–Crippen MR) is 99.6 cm³/mol. The number of ether oxygens (including phenoxy) is 2. The Morgan fingerprint density at radius 3 is 2.11 bits per heavy atom. The number of para-hydroxylation sites is 1. The maximum atomic E-state index is 12.6. The Balaban J connectivity index is 1.99. The van der Waals surface area contributed by atoms with Gasteiger partial charge in [0, 0.05) is 11.1 Å². The normalized spacial score (nSPS) is 10.4. The minimum atomic E-state index is -0.812. The molecular weight excluding hydrogens is 366 g/mol. The number of nitrogens with one attached hydrogen (secondary N) is 1. The number of carbonyl (C=O) groups is 3. The molecule has 142 valence electrons. The van der Waals surface area contributed by atoms with Gasteiger partial charge in [-0.3, -0.25) is 4.79 Å². The van der Waals surface area contributed by atoms with Crippen LogP contribution in [-0.2, 0) is 9.47 Å². The number of benzene rings is 2. The molecule has 0 bridgehead atoms. The lowest BCUT2D eigenvalue weighted by atomic mass is 10.1. The molecule has 1 N–H and O–H groups in total. The maximum absolute atomic E-state index is 12.6. The van der Waals surface area contributed by atoms with Crippen molar-refractivity contribution >= 4 is 34.5 Å². The summed E-state index contributed by atoms with van der Waals surface area (Å²) >= 11 is 0. The molecule has 3 aromatic rings. The zero-order valence-electron chi connectivity index (χ0n) is 15.0. The van der Waals surface area contributed by atoms with E-state index in [1.807, 2.05) is 0 Å². The molecule has 0 spiro atoms. The molecule has 0 aliphatic carbocycles. The van der Waals surface area contributed by atoms with Crippen molar-refractivity contribution in [3.05, 3.63) is 75.6 Å². The zero-order chi connectivity index (χ0) is 20.3. The summed E-state index contributed by atoms with van der Waals surface area (Å²) in [6.07, 6.45) is 0. The van der Waals surface area contributed by atoms with E-state index in [9.17, 15) is 19.2 Å². The maximum Gasteiger partial charge on any atom is 0.349 e. The first-order valence-corrected chi connectivity index (χ1v) is 8.09. The molecule has 28 heavy (non-hydrogen) atoms. The quantitative estimate of drug-likeness (QED) is 0.546. The lowest BCUT2D eigenvalue weighted by Gasteiger charge is -2.09. The summed E-state index contributed by atoms with van der Waals surface area (Å²) in [5, 5.41) is 3.06. The molecule has 0 unspecified atom stereocenters. The minimum absolute atomic E-state index is 0.0336. The second kappa shape index (κ2) is 7.75. The molecule has 0 fully saturated rings. The standard InChI is InChI=1S/C20H15NO7/c1-26-18(23)12-7-13(19(24)27-2)9-14(8-12)21-17(22)15-10-11-5-3-4-6-16(11)28-20(15)25/h3-10H,1-2H3,(H,21,22). The van der Waals surface area contributed by atoms with Crippen molar-refractivity contribution in [2.24, 2.45) is 0 Å². The van der Waals surface area contributed by atoms with Gasteiger partial charge in [0.2, 0.25) is 0 Å². The summed E-state index contributed by atoms with van der Waals surface area (Å²) < 4.78 is 14.4. The summed E-state index contributed by atoms with van der Waals surface area (Å²) in [4.78, 5) is 48.4. The summed E-state index contributed by atoms with van der Waals surface area (Å²) in [7, 11) is 2.37. The summed E-state index contributed by atoms with van der Waals surface area (Å²) in [5.41, 5.74) is -0.502. The van der Waals surface area contributed by atoms with Crippen LogP contribution in [-0.4, -0.2) is 32.1 Å². The van der Waals surface area contributed by atoms with E-state index in [-0.39, 0.29) is 22.4 Å². The molecular formula is C20H15NO7. The van der Waals surface area contributed by atoms with E-state index in [0.717, 1.165) is 0 Å². The SMILES string of the molecule is COC(=O)c1cc(NC(=O)c2cc3ccccc3oc2=O)cc(C(=O)OC)c1. The monoisotopic (exact) mass is 381 g/mol. The minimum Gasteiger partial charge on any atom is -0.465 e. The van der Waals surface area contributed by atoms with E-state index in [2.05, 4.69) is 14.8 Å². The Morgan fingerprint density at radius 2 is 1.50 bits per heavy atom. The highest BCUT2D eigenvalue weighted by molar-refractivity contribution is 6.07. The van der Waals surface area contributed by atoms with Crippen LogP contribution >= 0.6 is 0 Å². The number of fused-ring (bicyclic) bond motifs is 1. The number of methoxy groups -OCH3 is 2. The molecule has 2 aromatic carbocycles. The van der Waals surface area contributed by atoms with Crippen LogP contribution in [0.3, 0.4) is 0 Å². The smallest absolute Gasteiger partial charge is 0.349 e. The lowest BCUT2D eigenvalue weighted by molar-refractivity contribution is 0.0599. The van der Waals surface area contributed by atoms with Crippen molar-refractivity contribution in [3.63, 3.8) is 0 Å². The van der Waals surface area contributed by atoms with Gasteiger partial charge in [0.1, 0.15) is 11.1 Å². The Labute approximate surface area is 158 Å². The first-order valence-electron chi connectivity index (χ1n) is 8.09.